The Labute approximate surface area is 161 Å². The molecular weight excluding hydrogens is 336 g/mol. The summed E-state index contributed by atoms with van der Waals surface area (Å²) < 4.78 is 4.72. The lowest BCUT2D eigenvalue weighted by atomic mass is 9.92. The molecule has 3 aromatic rings. The van der Waals surface area contributed by atoms with Crippen molar-refractivity contribution in [2.45, 2.75) is 40.0 Å². The second kappa shape index (κ2) is 8.05. The number of anilines is 1. The summed E-state index contributed by atoms with van der Waals surface area (Å²) in [5.41, 5.74) is 9.24. The van der Waals surface area contributed by atoms with Crippen LogP contribution in [0.3, 0.4) is 0 Å². The smallest absolute Gasteiger partial charge is 0.0847 e. The lowest BCUT2D eigenvalue weighted by molar-refractivity contribution is 0.982. The summed E-state index contributed by atoms with van der Waals surface area (Å²) >= 11 is 1.60. The van der Waals surface area contributed by atoms with Gasteiger partial charge in [-0.1, -0.05) is 45.0 Å². The van der Waals surface area contributed by atoms with Crippen molar-refractivity contribution in [2.75, 3.05) is 19.0 Å². The van der Waals surface area contributed by atoms with E-state index in [1.165, 1.54) is 38.4 Å². The molecule has 3 rings (SSSR count). The van der Waals surface area contributed by atoms with Gasteiger partial charge < -0.3 is 4.90 Å². The molecule has 3 heteroatoms. The molecule has 0 aliphatic heterocycles. The summed E-state index contributed by atoms with van der Waals surface area (Å²) in [6, 6.07) is 15.6. The number of hydrogen-bond donors (Lipinski definition) is 0. The summed E-state index contributed by atoms with van der Waals surface area (Å²) in [4.78, 5) is 3.37. The molecule has 0 saturated carbocycles. The van der Waals surface area contributed by atoms with Crippen molar-refractivity contribution < 1.29 is 0 Å². The predicted molar refractivity (Wildman–Crippen MR) is 115 cm³/mol. The largest absolute Gasteiger partial charge is 0.378 e. The first-order valence-electron chi connectivity index (χ1n) is 9.46. The van der Waals surface area contributed by atoms with Gasteiger partial charge in [-0.15, -0.1) is 0 Å². The van der Waals surface area contributed by atoms with Gasteiger partial charge in [-0.2, -0.15) is 4.37 Å². The van der Waals surface area contributed by atoms with Crippen molar-refractivity contribution in [3.05, 3.63) is 59.2 Å². The van der Waals surface area contributed by atoms with E-state index in [9.17, 15) is 0 Å². The molecule has 0 N–H and O–H groups in total. The summed E-state index contributed by atoms with van der Waals surface area (Å²) in [6.07, 6.45) is 3.28. The van der Waals surface area contributed by atoms with Gasteiger partial charge in [0.05, 0.1) is 10.6 Å². The Morgan fingerprint density at radius 3 is 1.92 bits per heavy atom. The van der Waals surface area contributed by atoms with Crippen molar-refractivity contribution in [3.8, 4) is 21.7 Å². The molecule has 0 saturated heterocycles. The van der Waals surface area contributed by atoms with Gasteiger partial charge in [0.1, 0.15) is 0 Å². The molecular formula is C23H28N2S. The Balaban J connectivity index is 1.97. The van der Waals surface area contributed by atoms with Gasteiger partial charge in [-0.25, -0.2) is 0 Å². The number of rotatable bonds is 6. The third kappa shape index (κ3) is 3.68. The molecule has 0 fully saturated rings. The molecule has 0 aliphatic carbocycles. The Morgan fingerprint density at radius 2 is 1.42 bits per heavy atom. The van der Waals surface area contributed by atoms with Crippen LogP contribution in [0.25, 0.3) is 21.7 Å². The van der Waals surface area contributed by atoms with E-state index in [1.807, 2.05) is 0 Å². The van der Waals surface area contributed by atoms with E-state index in [0.717, 1.165) is 25.0 Å². The minimum Gasteiger partial charge on any atom is -0.378 e. The summed E-state index contributed by atoms with van der Waals surface area (Å²) in [5, 5.41) is 0. The quantitative estimate of drug-likeness (QED) is 0.515. The number of aryl methyl sites for hydroxylation is 2. The summed E-state index contributed by atoms with van der Waals surface area (Å²) in [6.45, 7) is 6.76. The molecule has 0 bridgehead atoms. The van der Waals surface area contributed by atoms with Crippen LogP contribution in [0.5, 0.6) is 0 Å². The van der Waals surface area contributed by atoms with Crippen molar-refractivity contribution >= 4 is 17.2 Å². The van der Waals surface area contributed by atoms with Crippen LogP contribution in [0.1, 0.15) is 37.5 Å². The fourth-order valence-corrected chi connectivity index (χ4v) is 4.24. The Hall–Kier alpha value is -2.13. The highest BCUT2D eigenvalue weighted by atomic mass is 32.1. The second-order valence-electron chi connectivity index (χ2n) is 6.85. The SMILES string of the molecule is CCc1cc(-c2cc(-c3ccc(N(C)C)cc3)ns2)cc(CC)c1CC. The summed E-state index contributed by atoms with van der Waals surface area (Å²) in [5.74, 6) is 0. The number of hydrogen-bond acceptors (Lipinski definition) is 3. The highest BCUT2D eigenvalue weighted by Gasteiger charge is 2.12. The lowest BCUT2D eigenvalue weighted by Crippen LogP contribution is -2.07. The average molecular weight is 365 g/mol. The molecule has 0 spiro atoms. The van der Waals surface area contributed by atoms with Gasteiger partial charge in [-0.3, -0.25) is 0 Å². The molecule has 2 nitrogen and oxygen atoms in total. The molecule has 136 valence electrons. The maximum atomic E-state index is 4.72. The minimum atomic E-state index is 1.06. The average Bonchev–Trinajstić information content (AvgIpc) is 3.17. The van der Waals surface area contributed by atoms with Crippen molar-refractivity contribution in [3.63, 3.8) is 0 Å². The molecule has 0 radical (unpaired) electrons. The molecule has 2 aromatic carbocycles. The lowest BCUT2D eigenvalue weighted by Gasteiger charge is -2.13. The van der Waals surface area contributed by atoms with Crippen LogP contribution < -0.4 is 4.90 Å². The van der Waals surface area contributed by atoms with E-state index in [0.29, 0.717) is 0 Å². The van der Waals surface area contributed by atoms with E-state index in [-0.39, 0.29) is 0 Å². The van der Waals surface area contributed by atoms with Crippen LogP contribution in [0.4, 0.5) is 5.69 Å². The predicted octanol–water partition coefficient (Wildman–Crippen LogP) is 6.23. The van der Waals surface area contributed by atoms with E-state index < -0.39 is 0 Å². The molecule has 1 aromatic heterocycles. The van der Waals surface area contributed by atoms with E-state index in [2.05, 4.69) is 82.2 Å². The number of aromatic nitrogens is 1. The van der Waals surface area contributed by atoms with Crippen molar-refractivity contribution in [1.29, 1.82) is 0 Å². The first kappa shape index (κ1) is 18.7. The van der Waals surface area contributed by atoms with Gasteiger partial charge in [-0.05, 0) is 71.2 Å². The van der Waals surface area contributed by atoms with Gasteiger partial charge in [0.25, 0.3) is 0 Å². The van der Waals surface area contributed by atoms with Crippen molar-refractivity contribution in [2.24, 2.45) is 0 Å². The fraction of sp³-hybridized carbons (Fsp3) is 0.348. The van der Waals surface area contributed by atoms with E-state index >= 15 is 0 Å². The zero-order valence-electron chi connectivity index (χ0n) is 16.5. The molecule has 0 amide bonds. The van der Waals surface area contributed by atoms with Gasteiger partial charge in [0.15, 0.2) is 0 Å². The zero-order valence-corrected chi connectivity index (χ0v) is 17.3. The fourth-order valence-electron chi connectivity index (χ4n) is 3.50. The first-order chi connectivity index (χ1) is 12.6. The monoisotopic (exact) mass is 364 g/mol. The zero-order chi connectivity index (χ0) is 18.7. The van der Waals surface area contributed by atoms with Gasteiger partial charge in [0.2, 0.25) is 0 Å². The first-order valence-corrected chi connectivity index (χ1v) is 10.2. The maximum Gasteiger partial charge on any atom is 0.0847 e. The van der Waals surface area contributed by atoms with E-state index in [4.69, 9.17) is 4.37 Å². The van der Waals surface area contributed by atoms with Gasteiger partial charge in [0, 0.05) is 25.3 Å². The van der Waals surface area contributed by atoms with Crippen LogP contribution in [0.2, 0.25) is 0 Å². The number of nitrogens with zero attached hydrogens (tertiary/aromatic N) is 2. The van der Waals surface area contributed by atoms with Crippen LogP contribution in [-0.2, 0) is 19.3 Å². The number of benzene rings is 2. The molecule has 26 heavy (non-hydrogen) atoms. The van der Waals surface area contributed by atoms with Crippen LogP contribution >= 0.6 is 11.5 Å². The topological polar surface area (TPSA) is 16.1 Å². The maximum absolute atomic E-state index is 4.72. The second-order valence-corrected chi connectivity index (χ2v) is 7.66. The third-order valence-corrected chi connectivity index (χ3v) is 5.86. The molecule has 0 atom stereocenters. The van der Waals surface area contributed by atoms with Crippen LogP contribution in [0.15, 0.2) is 42.5 Å². The standard InChI is InChI=1S/C23H28N2S/c1-6-16-13-19(14-17(7-2)21(16)8-3)23-15-22(24-26-23)18-9-11-20(12-10-18)25(4)5/h9-15H,6-8H2,1-5H3. The third-order valence-electron chi connectivity index (χ3n) is 5.02. The Kier molecular flexibility index (Phi) is 5.77. The van der Waals surface area contributed by atoms with E-state index in [1.54, 1.807) is 11.5 Å². The molecule has 0 aliphatic rings. The highest BCUT2D eigenvalue weighted by Crippen LogP contribution is 2.33. The van der Waals surface area contributed by atoms with Crippen LogP contribution in [-0.4, -0.2) is 18.5 Å². The molecule has 1 heterocycles. The van der Waals surface area contributed by atoms with Crippen molar-refractivity contribution in [1.82, 2.24) is 4.37 Å². The minimum absolute atomic E-state index is 1.06. The Morgan fingerprint density at radius 1 is 0.808 bits per heavy atom. The normalized spacial score (nSPS) is 11.0. The highest BCUT2D eigenvalue weighted by molar-refractivity contribution is 7.09. The Bertz CT molecular complexity index is 850. The van der Waals surface area contributed by atoms with Gasteiger partial charge >= 0.3 is 0 Å². The van der Waals surface area contributed by atoms with Crippen LogP contribution in [0, 0.1) is 0 Å². The summed E-state index contributed by atoms with van der Waals surface area (Å²) in [7, 11) is 4.12. The molecule has 0 unspecified atom stereocenters.